The summed E-state index contributed by atoms with van der Waals surface area (Å²) >= 11 is 6.64. The molecule has 0 saturated carbocycles. The fraction of sp³-hybridized carbons (Fsp3) is 0.200. The van der Waals surface area contributed by atoms with Gasteiger partial charge in [0.05, 0.1) is 18.1 Å². The quantitative estimate of drug-likeness (QED) is 0.332. The molecule has 0 aliphatic carbocycles. The van der Waals surface area contributed by atoms with Gasteiger partial charge in [0.2, 0.25) is 0 Å². The summed E-state index contributed by atoms with van der Waals surface area (Å²) in [6.07, 6.45) is 1.70. The third-order valence-corrected chi connectivity index (χ3v) is 6.08. The van der Waals surface area contributed by atoms with Crippen molar-refractivity contribution < 1.29 is 19.1 Å². The van der Waals surface area contributed by atoms with Crippen LogP contribution in [0.25, 0.3) is 6.08 Å². The van der Waals surface area contributed by atoms with Crippen molar-refractivity contribution in [2.24, 2.45) is 0 Å². The first-order valence-corrected chi connectivity index (χ1v) is 11.1. The number of carbonyl (C=O) groups is 2. The maximum atomic E-state index is 12.5. The first-order valence-electron chi connectivity index (χ1n) is 8.39. The van der Waals surface area contributed by atoms with E-state index in [1.54, 1.807) is 6.08 Å². The van der Waals surface area contributed by atoms with Crippen LogP contribution in [0.1, 0.15) is 11.1 Å². The number of rotatable bonds is 7. The average Bonchev–Trinajstić information content (AvgIpc) is 2.94. The van der Waals surface area contributed by atoms with Crippen LogP contribution < -0.4 is 4.74 Å². The van der Waals surface area contributed by atoms with Gasteiger partial charge in [-0.25, -0.2) is 0 Å². The predicted molar refractivity (Wildman–Crippen MR) is 122 cm³/mol. The molecular weight excluding hydrogens is 557 g/mol. The van der Waals surface area contributed by atoms with Crippen molar-refractivity contribution in [1.82, 2.24) is 4.90 Å². The molecule has 3 rings (SSSR count). The monoisotopic (exact) mass is 573 g/mol. The van der Waals surface area contributed by atoms with Gasteiger partial charge in [-0.3, -0.25) is 14.5 Å². The number of hydrogen-bond acceptors (Lipinski definition) is 5. The maximum Gasteiger partial charge on any atom is 0.293 e. The van der Waals surface area contributed by atoms with E-state index in [9.17, 15) is 9.59 Å². The summed E-state index contributed by atoms with van der Waals surface area (Å²) in [5.41, 5.74) is 1.78. The summed E-state index contributed by atoms with van der Waals surface area (Å²) in [5, 5.41) is -0.287. The maximum absolute atomic E-state index is 12.5. The Bertz CT molecular complexity index is 917. The predicted octanol–water partition coefficient (Wildman–Crippen LogP) is 5.32. The Balaban J connectivity index is 1.80. The molecule has 2 aromatic carbocycles. The summed E-state index contributed by atoms with van der Waals surface area (Å²) in [6, 6.07) is 13.7. The second-order valence-electron chi connectivity index (χ2n) is 5.92. The van der Waals surface area contributed by atoms with Crippen molar-refractivity contribution >= 4 is 67.5 Å². The fourth-order valence-electron chi connectivity index (χ4n) is 2.52. The molecule has 0 unspecified atom stereocenters. The van der Waals surface area contributed by atoms with Crippen molar-refractivity contribution in [2.45, 2.75) is 6.61 Å². The minimum Gasteiger partial charge on any atom is -0.488 e. The van der Waals surface area contributed by atoms with E-state index in [4.69, 9.17) is 9.47 Å². The van der Waals surface area contributed by atoms with Gasteiger partial charge >= 0.3 is 0 Å². The van der Waals surface area contributed by atoms with Crippen molar-refractivity contribution in [3.8, 4) is 5.75 Å². The van der Waals surface area contributed by atoms with Crippen molar-refractivity contribution in [3.63, 3.8) is 0 Å². The average molecular weight is 574 g/mol. The fourth-order valence-corrected chi connectivity index (χ4v) is 4.12. The lowest BCUT2D eigenvalue weighted by atomic mass is 10.1. The highest BCUT2D eigenvalue weighted by atomic mass is 127. The zero-order valence-electron chi connectivity index (χ0n) is 15.0. The molecule has 146 valence electrons. The second-order valence-corrected chi connectivity index (χ2v) is 9.08. The lowest BCUT2D eigenvalue weighted by Gasteiger charge is -2.12. The van der Waals surface area contributed by atoms with E-state index in [1.165, 1.54) is 12.0 Å². The van der Waals surface area contributed by atoms with Crippen LogP contribution in [0.3, 0.4) is 0 Å². The minimum absolute atomic E-state index is 0.243. The Morgan fingerprint density at radius 3 is 2.64 bits per heavy atom. The second kappa shape index (κ2) is 9.91. The number of amides is 2. The molecule has 0 radical (unpaired) electrons. The number of methoxy groups -OCH3 is 1. The Morgan fingerprint density at radius 2 is 1.93 bits per heavy atom. The lowest BCUT2D eigenvalue weighted by molar-refractivity contribution is -0.123. The number of nitrogens with zero attached hydrogens (tertiary/aromatic N) is 1. The molecule has 0 aromatic heterocycles. The van der Waals surface area contributed by atoms with E-state index in [-0.39, 0.29) is 17.7 Å². The standard InChI is InChI=1S/C20H17BrINO4S/c1-26-9-8-23-19(24)18(28-20(23)25)11-14-10-15(21)4-7-17(14)27-12-13-2-5-16(22)6-3-13/h2-7,10-11H,8-9,12H2,1H3/b18-11+. The van der Waals surface area contributed by atoms with Gasteiger partial charge in [0.1, 0.15) is 12.4 Å². The van der Waals surface area contributed by atoms with Gasteiger partial charge in [0.25, 0.3) is 11.1 Å². The van der Waals surface area contributed by atoms with Crippen LogP contribution in [0.15, 0.2) is 51.8 Å². The van der Waals surface area contributed by atoms with E-state index in [0.717, 1.165) is 30.9 Å². The summed E-state index contributed by atoms with van der Waals surface area (Å²) in [6.45, 7) is 0.967. The third kappa shape index (κ3) is 5.37. The van der Waals surface area contributed by atoms with Crippen LogP contribution in [0.2, 0.25) is 0 Å². The number of hydrogen-bond donors (Lipinski definition) is 0. The summed E-state index contributed by atoms with van der Waals surface area (Å²) in [5.74, 6) is 0.334. The van der Waals surface area contributed by atoms with Crippen molar-refractivity contribution in [1.29, 1.82) is 0 Å². The first kappa shape index (κ1) is 21.4. The van der Waals surface area contributed by atoms with Gasteiger partial charge in [-0.15, -0.1) is 0 Å². The molecular formula is C20H17BrINO4S. The topological polar surface area (TPSA) is 55.8 Å². The normalized spacial score (nSPS) is 15.5. The van der Waals surface area contributed by atoms with Crippen LogP contribution in [0.5, 0.6) is 5.75 Å². The molecule has 1 heterocycles. The number of ether oxygens (including phenoxy) is 2. The van der Waals surface area contributed by atoms with Crippen molar-refractivity contribution in [2.75, 3.05) is 20.3 Å². The van der Waals surface area contributed by atoms with Gasteiger partial charge < -0.3 is 9.47 Å². The van der Waals surface area contributed by atoms with E-state index in [0.29, 0.717) is 23.9 Å². The Morgan fingerprint density at radius 1 is 1.18 bits per heavy atom. The molecule has 0 bridgehead atoms. The van der Waals surface area contributed by atoms with Gasteiger partial charge in [0, 0.05) is 20.7 Å². The number of carbonyl (C=O) groups excluding carboxylic acids is 2. The molecule has 8 heteroatoms. The van der Waals surface area contributed by atoms with Crippen LogP contribution in [-0.4, -0.2) is 36.3 Å². The van der Waals surface area contributed by atoms with Gasteiger partial charge in [-0.1, -0.05) is 28.1 Å². The molecule has 1 aliphatic heterocycles. The zero-order chi connectivity index (χ0) is 20.1. The SMILES string of the molecule is COCCN1C(=O)S/C(=C/c2cc(Br)ccc2OCc2ccc(I)cc2)C1=O. The van der Waals surface area contributed by atoms with Gasteiger partial charge in [0.15, 0.2) is 0 Å². The highest BCUT2D eigenvalue weighted by Gasteiger charge is 2.34. The molecule has 1 aliphatic rings. The summed E-state index contributed by atoms with van der Waals surface area (Å²) in [7, 11) is 1.54. The van der Waals surface area contributed by atoms with E-state index in [2.05, 4.69) is 38.5 Å². The minimum atomic E-state index is -0.310. The molecule has 1 saturated heterocycles. The Kier molecular flexibility index (Phi) is 7.55. The molecule has 2 aromatic rings. The van der Waals surface area contributed by atoms with E-state index in [1.807, 2.05) is 42.5 Å². The summed E-state index contributed by atoms with van der Waals surface area (Å²) < 4.78 is 13.0. The number of imide groups is 1. The van der Waals surface area contributed by atoms with E-state index < -0.39 is 0 Å². The smallest absolute Gasteiger partial charge is 0.293 e. The van der Waals surface area contributed by atoms with Gasteiger partial charge in [-0.05, 0) is 76.3 Å². The molecule has 0 N–H and O–H groups in total. The van der Waals surface area contributed by atoms with Crippen LogP contribution in [-0.2, 0) is 16.1 Å². The molecule has 28 heavy (non-hydrogen) atoms. The van der Waals surface area contributed by atoms with Gasteiger partial charge in [-0.2, -0.15) is 0 Å². The highest BCUT2D eigenvalue weighted by molar-refractivity contribution is 14.1. The zero-order valence-corrected chi connectivity index (χ0v) is 19.5. The first-order chi connectivity index (χ1) is 13.5. The Hall–Kier alpha value is -1.36. The van der Waals surface area contributed by atoms with Crippen LogP contribution >= 0.6 is 50.3 Å². The number of halogens is 2. The van der Waals surface area contributed by atoms with Crippen molar-refractivity contribution in [3.05, 3.63) is 66.5 Å². The van der Waals surface area contributed by atoms with Crippen LogP contribution in [0, 0.1) is 3.57 Å². The largest absolute Gasteiger partial charge is 0.488 e. The van der Waals surface area contributed by atoms with Crippen LogP contribution in [0.4, 0.5) is 4.79 Å². The lowest BCUT2D eigenvalue weighted by Crippen LogP contribution is -2.31. The molecule has 1 fully saturated rings. The highest BCUT2D eigenvalue weighted by Crippen LogP contribution is 2.35. The third-order valence-electron chi connectivity index (χ3n) is 3.96. The molecule has 0 atom stereocenters. The summed E-state index contributed by atoms with van der Waals surface area (Å²) in [4.78, 5) is 26.2. The number of benzene rings is 2. The number of thioether (sulfide) groups is 1. The molecule has 0 spiro atoms. The molecule has 5 nitrogen and oxygen atoms in total. The molecule has 2 amide bonds. The Labute approximate surface area is 189 Å². The van der Waals surface area contributed by atoms with E-state index >= 15 is 0 Å².